The van der Waals surface area contributed by atoms with Crippen molar-refractivity contribution < 1.29 is 4.74 Å². The number of nitrogens with zero attached hydrogens (tertiary/aromatic N) is 2. The van der Waals surface area contributed by atoms with Gasteiger partial charge in [0.15, 0.2) is 5.82 Å². The maximum Gasteiger partial charge on any atom is 0.160 e. The Labute approximate surface area is 122 Å². The topological polar surface area (TPSA) is 61.0 Å². The fourth-order valence-corrected chi connectivity index (χ4v) is 3.28. The van der Waals surface area contributed by atoms with Gasteiger partial charge in [-0.3, -0.25) is 0 Å². The predicted molar refractivity (Wildman–Crippen MR) is 80.7 cm³/mol. The van der Waals surface area contributed by atoms with E-state index in [1.807, 2.05) is 0 Å². The van der Waals surface area contributed by atoms with E-state index >= 15 is 0 Å². The van der Waals surface area contributed by atoms with Gasteiger partial charge in [0.1, 0.15) is 5.60 Å². The lowest BCUT2D eigenvalue weighted by molar-refractivity contribution is -0.0769. The van der Waals surface area contributed by atoms with Gasteiger partial charge in [0, 0.05) is 18.0 Å². The highest BCUT2D eigenvalue weighted by Gasteiger charge is 2.37. The van der Waals surface area contributed by atoms with Gasteiger partial charge in [-0.05, 0) is 52.1 Å². The Kier molecular flexibility index (Phi) is 5.11. The Balaban J connectivity index is 2.39. The van der Waals surface area contributed by atoms with Crippen molar-refractivity contribution in [2.24, 2.45) is 5.73 Å². The SMILES string of the molecule is CCOC1(c2nc(C)c(CCN)c(C)n2)CCCCC1. The van der Waals surface area contributed by atoms with E-state index in [2.05, 4.69) is 20.8 Å². The molecular weight excluding hydrogens is 250 g/mol. The highest BCUT2D eigenvalue weighted by atomic mass is 16.5. The van der Waals surface area contributed by atoms with Crippen LogP contribution in [0.25, 0.3) is 0 Å². The predicted octanol–water partition coefficient (Wildman–Crippen LogP) is 2.79. The molecule has 1 heterocycles. The van der Waals surface area contributed by atoms with Gasteiger partial charge in [-0.1, -0.05) is 19.3 Å². The molecule has 0 spiro atoms. The van der Waals surface area contributed by atoms with Crippen LogP contribution >= 0.6 is 0 Å². The van der Waals surface area contributed by atoms with Gasteiger partial charge in [-0.15, -0.1) is 0 Å². The average molecular weight is 277 g/mol. The normalized spacial score (nSPS) is 18.2. The minimum atomic E-state index is -0.260. The molecule has 1 aromatic heterocycles. The van der Waals surface area contributed by atoms with Crippen LogP contribution in [0.5, 0.6) is 0 Å². The molecule has 1 aliphatic carbocycles. The van der Waals surface area contributed by atoms with Gasteiger partial charge < -0.3 is 10.5 Å². The van der Waals surface area contributed by atoms with Crippen LogP contribution in [-0.4, -0.2) is 23.1 Å². The zero-order chi connectivity index (χ0) is 14.6. The zero-order valence-electron chi connectivity index (χ0n) is 13.0. The summed E-state index contributed by atoms with van der Waals surface area (Å²) in [6.07, 6.45) is 6.61. The summed E-state index contributed by atoms with van der Waals surface area (Å²) in [5.41, 5.74) is 8.72. The van der Waals surface area contributed by atoms with E-state index in [9.17, 15) is 0 Å². The molecule has 1 saturated carbocycles. The molecule has 0 radical (unpaired) electrons. The Morgan fingerprint density at radius 1 is 1.10 bits per heavy atom. The van der Waals surface area contributed by atoms with E-state index in [0.29, 0.717) is 13.2 Å². The molecule has 0 saturated heterocycles. The molecule has 0 aliphatic heterocycles. The van der Waals surface area contributed by atoms with Gasteiger partial charge in [0.25, 0.3) is 0 Å². The Hall–Kier alpha value is -1.00. The molecule has 1 aliphatic rings. The Morgan fingerprint density at radius 2 is 1.70 bits per heavy atom. The standard InChI is InChI=1S/C16H27N3O/c1-4-20-16(9-6-5-7-10-16)15-18-12(2)14(8-11-17)13(3)19-15/h4-11,17H2,1-3H3. The van der Waals surface area contributed by atoms with Crippen molar-refractivity contribution in [3.63, 3.8) is 0 Å². The van der Waals surface area contributed by atoms with E-state index in [-0.39, 0.29) is 5.60 Å². The van der Waals surface area contributed by atoms with Crippen LogP contribution in [0.2, 0.25) is 0 Å². The molecule has 1 aromatic rings. The summed E-state index contributed by atoms with van der Waals surface area (Å²) in [5.74, 6) is 0.884. The quantitative estimate of drug-likeness (QED) is 0.899. The zero-order valence-corrected chi connectivity index (χ0v) is 13.0. The lowest BCUT2D eigenvalue weighted by Crippen LogP contribution is -2.35. The molecule has 0 aromatic carbocycles. The first-order valence-electron chi connectivity index (χ1n) is 7.81. The molecule has 2 rings (SSSR count). The first-order valence-corrected chi connectivity index (χ1v) is 7.81. The Bertz CT molecular complexity index is 425. The average Bonchev–Trinajstić information content (AvgIpc) is 2.44. The van der Waals surface area contributed by atoms with Crippen molar-refractivity contribution in [1.29, 1.82) is 0 Å². The van der Waals surface area contributed by atoms with Gasteiger partial charge >= 0.3 is 0 Å². The lowest BCUT2D eigenvalue weighted by Gasteiger charge is -2.36. The number of aromatic nitrogens is 2. The number of aryl methyl sites for hydroxylation is 2. The van der Waals surface area contributed by atoms with Crippen molar-refractivity contribution in [1.82, 2.24) is 9.97 Å². The van der Waals surface area contributed by atoms with E-state index in [4.69, 9.17) is 20.4 Å². The first kappa shape index (κ1) is 15.4. The van der Waals surface area contributed by atoms with Gasteiger partial charge in [-0.25, -0.2) is 9.97 Å². The number of rotatable bonds is 5. The highest BCUT2D eigenvalue weighted by molar-refractivity contribution is 5.26. The summed E-state index contributed by atoms with van der Waals surface area (Å²) < 4.78 is 6.12. The van der Waals surface area contributed by atoms with Crippen molar-refractivity contribution in [3.8, 4) is 0 Å². The minimum absolute atomic E-state index is 0.260. The Morgan fingerprint density at radius 3 is 2.20 bits per heavy atom. The van der Waals surface area contributed by atoms with Crippen LogP contribution in [0, 0.1) is 13.8 Å². The number of hydrogen-bond donors (Lipinski definition) is 1. The van der Waals surface area contributed by atoms with Crippen molar-refractivity contribution in [2.75, 3.05) is 13.2 Å². The van der Waals surface area contributed by atoms with Crippen LogP contribution in [0.1, 0.15) is 61.8 Å². The van der Waals surface area contributed by atoms with Crippen LogP contribution in [0.3, 0.4) is 0 Å². The molecule has 4 nitrogen and oxygen atoms in total. The molecular formula is C16H27N3O. The molecule has 0 bridgehead atoms. The third-order valence-electron chi connectivity index (χ3n) is 4.30. The van der Waals surface area contributed by atoms with Gasteiger partial charge in [0.2, 0.25) is 0 Å². The number of hydrogen-bond acceptors (Lipinski definition) is 4. The first-order chi connectivity index (χ1) is 9.63. The highest BCUT2D eigenvalue weighted by Crippen LogP contribution is 2.39. The van der Waals surface area contributed by atoms with E-state index in [0.717, 1.165) is 36.5 Å². The number of ether oxygens (including phenoxy) is 1. The summed E-state index contributed by atoms with van der Waals surface area (Å²) in [6.45, 7) is 7.53. The third-order valence-corrected chi connectivity index (χ3v) is 4.30. The molecule has 4 heteroatoms. The monoisotopic (exact) mass is 277 g/mol. The maximum absolute atomic E-state index is 6.12. The smallest absolute Gasteiger partial charge is 0.160 e. The van der Waals surface area contributed by atoms with Crippen LogP contribution in [0.15, 0.2) is 0 Å². The molecule has 112 valence electrons. The summed E-state index contributed by atoms with van der Waals surface area (Å²) in [7, 11) is 0. The minimum Gasteiger partial charge on any atom is -0.367 e. The maximum atomic E-state index is 6.12. The van der Waals surface area contributed by atoms with Gasteiger partial charge in [-0.2, -0.15) is 0 Å². The molecule has 2 N–H and O–H groups in total. The summed E-state index contributed by atoms with van der Waals surface area (Å²) in [5, 5.41) is 0. The molecule has 1 fully saturated rings. The lowest BCUT2D eigenvalue weighted by atomic mass is 9.83. The fourth-order valence-electron chi connectivity index (χ4n) is 3.28. The van der Waals surface area contributed by atoms with Crippen LogP contribution in [-0.2, 0) is 16.8 Å². The molecule has 0 atom stereocenters. The second kappa shape index (κ2) is 6.64. The van der Waals surface area contributed by atoms with Crippen LogP contribution < -0.4 is 5.73 Å². The third kappa shape index (κ3) is 3.01. The van der Waals surface area contributed by atoms with Gasteiger partial charge in [0.05, 0.1) is 0 Å². The second-order valence-corrected chi connectivity index (χ2v) is 5.72. The van der Waals surface area contributed by atoms with Crippen molar-refractivity contribution in [2.45, 2.75) is 64.9 Å². The molecule has 20 heavy (non-hydrogen) atoms. The second-order valence-electron chi connectivity index (χ2n) is 5.72. The fraction of sp³-hybridized carbons (Fsp3) is 0.750. The summed E-state index contributed by atoms with van der Waals surface area (Å²) in [6, 6.07) is 0. The van der Waals surface area contributed by atoms with Crippen molar-refractivity contribution >= 4 is 0 Å². The van der Waals surface area contributed by atoms with Crippen molar-refractivity contribution in [3.05, 3.63) is 22.8 Å². The largest absolute Gasteiger partial charge is 0.367 e. The van der Waals surface area contributed by atoms with E-state index in [1.165, 1.54) is 24.8 Å². The number of nitrogens with two attached hydrogens (primary N) is 1. The molecule has 0 unspecified atom stereocenters. The summed E-state index contributed by atoms with van der Waals surface area (Å²) in [4.78, 5) is 9.55. The van der Waals surface area contributed by atoms with Crippen LogP contribution in [0.4, 0.5) is 0 Å². The van der Waals surface area contributed by atoms with E-state index < -0.39 is 0 Å². The van der Waals surface area contributed by atoms with E-state index in [1.54, 1.807) is 0 Å². The summed E-state index contributed by atoms with van der Waals surface area (Å²) >= 11 is 0. The molecule has 0 amide bonds.